The molecule has 1 aliphatic rings. The fourth-order valence-corrected chi connectivity index (χ4v) is 2.19. The van der Waals surface area contributed by atoms with Gasteiger partial charge < -0.3 is 9.47 Å². The Morgan fingerprint density at radius 2 is 2.12 bits per heavy atom. The third-order valence-corrected chi connectivity index (χ3v) is 3.28. The molecule has 0 fully saturated rings. The number of hydrogen-bond acceptors (Lipinski definition) is 3. The lowest BCUT2D eigenvalue weighted by atomic mass is 9.81. The highest BCUT2D eigenvalue weighted by Crippen LogP contribution is 2.32. The highest BCUT2D eigenvalue weighted by atomic mass is 16.5. The highest BCUT2D eigenvalue weighted by Gasteiger charge is 2.34. The minimum Gasteiger partial charge on any atom is -0.497 e. The monoisotopic (exact) mass is 217 g/mol. The van der Waals surface area contributed by atoms with E-state index in [1.54, 1.807) is 14.2 Å². The van der Waals surface area contributed by atoms with Crippen LogP contribution in [0.5, 0.6) is 5.75 Å². The van der Waals surface area contributed by atoms with E-state index < -0.39 is 5.60 Å². The number of nitriles is 1. The summed E-state index contributed by atoms with van der Waals surface area (Å²) < 4.78 is 10.5. The second kappa shape index (κ2) is 4.15. The van der Waals surface area contributed by atoms with Crippen LogP contribution in [-0.2, 0) is 17.6 Å². The van der Waals surface area contributed by atoms with Gasteiger partial charge in [-0.05, 0) is 36.1 Å². The number of nitrogens with zero attached hydrogens (tertiary/aromatic N) is 1. The van der Waals surface area contributed by atoms with Crippen LogP contribution in [0.2, 0.25) is 0 Å². The summed E-state index contributed by atoms with van der Waals surface area (Å²) in [4.78, 5) is 0. The maximum absolute atomic E-state index is 9.19. The molecule has 1 unspecified atom stereocenters. The molecule has 0 radical (unpaired) electrons. The maximum atomic E-state index is 9.19. The maximum Gasteiger partial charge on any atom is 0.158 e. The van der Waals surface area contributed by atoms with Crippen molar-refractivity contribution in [1.82, 2.24) is 0 Å². The third kappa shape index (κ3) is 1.77. The van der Waals surface area contributed by atoms with Crippen molar-refractivity contribution in [2.24, 2.45) is 0 Å². The lowest BCUT2D eigenvalue weighted by molar-refractivity contribution is 0.0276. The fourth-order valence-electron chi connectivity index (χ4n) is 2.19. The second-order valence-corrected chi connectivity index (χ2v) is 4.12. The normalized spacial score (nSPS) is 23.3. The molecule has 1 aliphatic carbocycles. The summed E-state index contributed by atoms with van der Waals surface area (Å²) in [5.41, 5.74) is 1.80. The van der Waals surface area contributed by atoms with Crippen LogP contribution in [0.3, 0.4) is 0 Å². The molecule has 0 amide bonds. The average Bonchev–Trinajstić information content (AvgIpc) is 2.37. The van der Waals surface area contributed by atoms with Crippen molar-refractivity contribution in [1.29, 1.82) is 5.26 Å². The Morgan fingerprint density at radius 1 is 1.31 bits per heavy atom. The van der Waals surface area contributed by atoms with E-state index in [1.165, 1.54) is 5.56 Å². The largest absolute Gasteiger partial charge is 0.497 e. The van der Waals surface area contributed by atoms with Gasteiger partial charge in [-0.1, -0.05) is 6.07 Å². The van der Waals surface area contributed by atoms with Crippen LogP contribution >= 0.6 is 0 Å². The number of ether oxygens (including phenoxy) is 2. The van der Waals surface area contributed by atoms with Crippen LogP contribution < -0.4 is 4.74 Å². The topological polar surface area (TPSA) is 42.2 Å². The molecule has 1 aromatic rings. The van der Waals surface area contributed by atoms with Gasteiger partial charge in [-0.3, -0.25) is 0 Å². The molecule has 1 aromatic carbocycles. The van der Waals surface area contributed by atoms with Crippen molar-refractivity contribution in [2.45, 2.75) is 24.9 Å². The first kappa shape index (κ1) is 11.0. The Hall–Kier alpha value is -1.53. The smallest absolute Gasteiger partial charge is 0.158 e. The van der Waals surface area contributed by atoms with Crippen molar-refractivity contribution in [2.75, 3.05) is 14.2 Å². The van der Waals surface area contributed by atoms with E-state index in [0.717, 1.165) is 24.2 Å². The standard InChI is InChI=1S/C13H15NO2/c1-15-12-4-3-10-5-6-13(9-14,16-2)8-11(10)7-12/h3-4,7H,5-6,8H2,1-2H3. The molecule has 0 saturated heterocycles. The molecule has 2 rings (SSSR count). The minimum absolute atomic E-state index is 0.645. The molecular weight excluding hydrogens is 202 g/mol. The van der Waals surface area contributed by atoms with Gasteiger partial charge in [0.2, 0.25) is 0 Å². The first-order chi connectivity index (χ1) is 7.73. The summed E-state index contributed by atoms with van der Waals surface area (Å²) in [6.07, 6.45) is 2.30. The van der Waals surface area contributed by atoms with Gasteiger partial charge in [-0.15, -0.1) is 0 Å². The first-order valence-electron chi connectivity index (χ1n) is 5.35. The van der Waals surface area contributed by atoms with E-state index in [0.29, 0.717) is 6.42 Å². The van der Waals surface area contributed by atoms with Crippen LogP contribution in [0.25, 0.3) is 0 Å². The van der Waals surface area contributed by atoms with Gasteiger partial charge in [0, 0.05) is 13.5 Å². The number of benzene rings is 1. The van der Waals surface area contributed by atoms with Crippen LogP contribution in [0.1, 0.15) is 17.5 Å². The first-order valence-corrected chi connectivity index (χ1v) is 5.35. The second-order valence-electron chi connectivity index (χ2n) is 4.12. The van der Waals surface area contributed by atoms with Crippen LogP contribution in [0.4, 0.5) is 0 Å². The number of hydrogen-bond donors (Lipinski definition) is 0. The molecule has 0 bridgehead atoms. The Kier molecular flexibility index (Phi) is 2.84. The molecule has 84 valence electrons. The molecule has 0 aliphatic heterocycles. The molecule has 16 heavy (non-hydrogen) atoms. The molecule has 0 heterocycles. The zero-order valence-electron chi connectivity index (χ0n) is 9.62. The number of fused-ring (bicyclic) bond motifs is 1. The van der Waals surface area contributed by atoms with Crippen LogP contribution in [0, 0.1) is 11.3 Å². The van der Waals surface area contributed by atoms with E-state index >= 15 is 0 Å². The highest BCUT2D eigenvalue weighted by molar-refractivity contribution is 5.39. The summed E-state index contributed by atoms with van der Waals surface area (Å²) in [6, 6.07) is 8.32. The molecule has 1 atom stereocenters. The lowest BCUT2D eigenvalue weighted by Crippen LogP contribution is -2.36. The van der Waals surface area contributed by atoms with Crippen molar-refractivity contribution >= 4 is 0 Å². The molecule has 0 aromatic heterocycles. The van der Waals surface area contributed by atoms with Crippen LogP contribution in [-0.4, -0.2) is 19.8 Å². The summed E-state index contributed by atoms with van der Waals surface area (Å²) >= 11 is 0. The molecule has 0 spiro atoms. The molecule has 3 heteroatoms. The van der Waals surface area contributed by atoms with E-state index in [2.05, 4.69) is 12.1 Å². The minimum atomic E-state index is -0.653. The summed E-state index contributed by atoms with van der Waals surface area (Å²) in [5.74, 6) is 0.837. The Morgan fingerprint density at radius 3 is 2.75 bits per heavy atom. The van der Waals surface area contributed by atoms with Gasteiger partial charge in [-0.2, -0.15) is 5.26 Å². The number of rotatable bonds is 2. The summed E-state index contributed by atoms with van der Waals surface area (Å²) in [7, 11) is 3.26. The zero-order valence-corrected chi connectivity index (χ0v) is 9.62. The SMILES string of the molecule is COc1ccc2c(c1)CC(C#N)(OC)CC2. The Bertz CT molecular complexity index is 436. The summed E-state index contributed by atoms with van der Waals surface area (Å²) in [5, 5.41) is 9.19. The van der Waals surface area contributed by atoms with E-state index in [-0.39, 0.29) is 0 Å². The van der Waals surface area contributed by atoms with Crippen molar-refractivity contribution in [3.05, 3.63) is 29.3 Å². The van der Waals surface area contributed by atoms with Gasteiger partial charge in [-0.25, -0.2) is 0 Å². The predicted molar refractivity (Wildman–Crippen MR) is 60.4 cm³/mol. The third-order valence-electron chi connectivity index (χ3n) is 3.28. The van der Waals surface area contributed by atoms with Gasteiger partial charge in [0.1, 0.15) is 5.75 Å². The van der Waals surface area contributed by atoms with Gasteiger partial charge in [0.05, 0.1) is 13.2 Å². The predicted octanol–water partition coefficient (Wildman–Crippen LogP) is 2.09. The Balaban J connectivity index is 2.35. The van der Waals surface area contributed by atoms with E-state index in [4.69, 9.17) is 9.47 Å². The quantitative estimate of drug-likeness (QED) is 0.761. The van der Waals surface area contributed by atoms with Gasteiger partial charge >= 0.3 is 0 Å². The number of aryl methyl sites for hydroxylation is 1. The van der Waals surface area contributed by atoms with E-state index in [1.807, 2.05) is 12.1 Å². The summed E-state index contributed by atoms with van der Waals surface area (Å²) in [6.45, 7) is 0. The van der Waals surface area contributed by atoms with Crippen LogP contribution in [0.15, 0.2) is 18.2 Å². The number of methoxy groups -OCH3 is 2. The molecular formula is C13H15NO2. The van der Waals surface area contributed by atoms with Gasteiger partial charge in [0.15, 0.2) is 5.60 Å². The molecule has 0 saturated carbocycles. The van der Waals surface area contributed by atoms with Crippen molar-refractivity contribution in [3.8, 4) is 11.8 Å². The van der Waals surface area contributed by atoms with E-state index in [9.17, 15) is 5.26 Å². The molecule has 3 nitrogen and oxygen atoms in total. The Labute approximate surface area is 95.6 Å². The molecule has 0 N–H and O–H groups in total. The lowest BCUT2D eigenvalue weighted by Gasteiger charge is -2.31. The van der Waals surface area contributed by atoms with Crippen molar-refractivity contribution in [3.63, 3.8) is 0 Å². The van der Waals surface area contributed by atoms with Crippen molar-refractivity contribution < 1.29 is 9.47 Å². The average molecular weight is 217 g/mol. The fraction of sp³-hybridized carbons (Fsp3) is 0.462. The van der Waals surface area contributed by atoms with Gasteiger partial charge in [0.25, 0.3) is 0 Å². The zero-order chi connectivity index (χ0) is 11.6.